The molecule has 0 aromatic carbocycles. The molecule has 90 valence electrons. The number of carbonyl (C=O) groups is 2. The fraction of sp³-hybridized carbons (Fsp3) is 0.800. The largest absolute Gasteiger partial charge is 0.481 e. The monoisotopic (exact) mass is 229 g/mol. The fourth-order valence-electron chi connectivity index (χ4n) is 1.76. The molecule has 2 rings (SSSR count). The van der Waals surface area contributed by atoms with Crippen LogP contribution in [0.5, 0.6) is 0 Å². The highest BCUT2D eigenvalue weighted by Crippen LogP contribution is 2.38. The van der Waals surface area contributed by atoms with E-state index in [2.05, 4.69) is 5.32 Å². The summed E-state index contributed by atoms with van der Waals surface area (Å²) in [6.45, 7) is 2.00. The van der Waals surface area contributed by atoms with E-state index in [-0.39, 0.29) is 17.9 Å². The summed E-state index contributed by atoms with van der Waals surface area (Å²) >= 11 is 0. The molecule has 1 heterocycles. The molecule has 3 atom stereocenters. The first-order valence-corrected chi connectivity index (χ1v) is 5.38. The molecule has 6 nitrogen and oxygen atoms in total. The summed E-state index contributed by atoms with van der Waals surface area (Å²) < 4.78 is 10.5. The van der Waals surface area contributed by atoms with Gasteiger partial charge in [-0.2, -0.15) is 0 Å². The molecule has 1 aliphatic heterocycles. The van der Waals surface area contributed by atoms with Crippen molar-refractivity contribution in [3.05, 3.63) is 0 Å². The SMILES string of the molecule is O=C(O)C1CC1C(=O)NCC1COCCO1. The predicted molar refractivity (Wildman–Crippen MR) is 52.8 cm³/mol. The van der Waals surface area contributed by atoms with Gasteiger partial charge in [0.05, 0.1) is 37.8 Å². The maximum absolute atomic E-state index is 11.5. The fourth-order valence-corrected chi connectivity index (χ4v) is 1.76. The highest BCUT2D eigenvalue weighted by molar-refractivity contribution is 5.89. The molecular weight excluding hydrogens is 214 g/mol. The average molecular weight is 229 g/mol. The molecule has 0 bridgehead atoms. The van der Waals surface area contributed by atoms with Gasteiger partial charge in [-0.15, -0.1) is 0 Å². The van der Waals surface area contributed by atoms with Gasteiger partial charge in [-0.3, -0.25) is 9.59 Å². The molecule has 16 heavy (non-hydrogen) atoms. The topological polar surface area (TPSA) is 84.9 Å². The zero-order valence-corrected chi connectivity index (χ0v) is 8.85. The molecule has 1 aliphatic carbocycles. The van der Waals surface area contributed by atoms with E-state index >= 15 is 0 Å². The van der Waals surface area contributed by atoms with Crippen LogP contribution in [-0.4, -0.2) is 49.5 Å². The smallest absolute Gasteiger partial charge is 0.307 e. The Bertz CT molecular complexity index is 287. The number of ether oxygens (including phenoxy) is 2. The zero-order chi connectivity index (χ0) is 11.5. The van der Waals surface area contributed by atoms with Gasteiger partial charge in [-0.25, -0.2) is 0 Å². The van der Waals surface area contributed by atoms with E-state index in [1.54, 1.807) is 0 Å². The van der Waals surface area contributed by atoms with Crippen molar-refractivity contribution >= 4 is 11.9 Å². The van der Waals surface area contributed by atoms with Crippen LogP contribution in [0.4, 0.5) is 0 Å². The van der Waals surface area contributed by atoms with E-state index in [9.17, 15) is 9.59 Å². The normalized spacial score (nSPS) is 33.1. The van der Waals surface area contributed by atoms with Crippen molar-refractivity contribution in [2.45, 2.75) is 12.5 Å². The van der Waals surface area contributed by atoms with E-state index in [0.717, 1.165) is 0 Å². The molecule has 2 aliphatic rings. The number of amides is 1. The Morgan fingerprint density at radius 3 is 2.69 bits per heavy atom. The van der Waals surface area contributed by atoms with Crippen molar-refractivity contribution in [3.63, 3.8) is 0 Å². The molecule has 2 N–H and O–H groups in total. The molecule has 1 saturated carbocycles. The van der Waals surface area contributed by atoms with Crippen molar-refractivity contribution in [2.75, 3.05) is 26.4 Å². The Hall–Kier alpha value is -1.14. The average Bonchev–Trinajstić information content (AvgIpc) is 3.07. The van der Waals surface area contributed by atoms with E-state index < -0.39 is 11.9 Å². The summed E-state index contributed by atoms with van der Waals surface area (Å²) in [5.41, 5.74) is 0. The Morgan fingerprint density at radius 2 is 2.12 bits per heavy atom. The number of nitrogens with one attached hydrogen (secondary N) is 1. The van der Waals surface area contributed by atoms with Gasteiger partial charge in [-0.1, -0.05) is 0 Å². The number of hydrogen-bond acceptors (Lipinski definition) is 4. The third-order valence-electron chi connectivity index (χ3n) is 2.83. The zero-order valence-electron chi connectivity index (χ0n) is 8.85. The van der Waals surface area contributed by atoms with E-state index in [4.69, 9.17) is 14.6 Å². The van der Waals surface area contributed by atoms with Gasteiger partial charge < -0.3 is 19.9 Å². The summed E-state index contributed by atoms with van der Waals surface area (Å²) in [6.07, 6.45) is 0.336. The van der Waals surface area contributed by atoms with Crippen LogP contribution in [0.1, 0.15) is 6.42 Å². The number of aliphatic carboxylic acids is 1. The molecule has 6 heteroatoms. The molecule has 1 amide bonds. The van der Waals surface area contributed by atoms with Gasteiger partial charge in [-0.05, 0) is 6.42 Å². The van der Waals surface area contributed by atoms with Gasteiger partial charge in [0.2, 0.25) is 5.91 Å². The quantitative estimate of drug-likeness (QED) is 0.661. The van der Waals surface area contributed by atoms with Crippen LogP contribution in [0.15, 0.2) is 0 Å². The highest BCUT2D eigenvalue weighted by atomic mass is 16.6. The third kappa shape index (κ3) is 2.70. The lowest BCUT2D eigenvalue weighted by Gasteiger charge is -2.23. The summed E-state index contributed by atoms with van der Waals surface area (Å²) in [5.74, 6) is -1.94. The summed E-state index contributed by atoms with van der Waals surface area (Å²) in [5, 5.41) is 11.4. The summed E-state index contributed by atoms with van der Waals surface area (Å²) in [6, 6.07) is 0. The van der Waals surface area contributed by atoms with Crippen molar-refractivity contribution in [3.8, 4) is 0 Å². The molecule has 0 radical (unpaired) electrons. The molecule has 3 unspecified atom stereocenters. The maximum atomic E-state index is 11.5. The predicted octanol–water partition coefficient (Wildman–Crippen LogP) is -0.761. The number of hydrogen-bond donors (Lipinski definition) is 2. The standard InChI is InChI=1S/C10H15NO5/c12-9(7-3-8(7)10(13)14)11-4-6-5-15-1-2-16-6/h6-8H,1-5H2,(H,11,12)(H,13,14). The van der Waals surface area contributed by atoms with Crippen molar-refractivity contribution in [1.82, 2.24) is 5.32 Å². The van der Waals surface area contributed by atoms with Gasteiger partial charge >= 0.3 is 5.97 Å². The van der Waals surface area contributed by atoms with E-state index in [1.807, 2.05) is 0 Å². The Kier molecular flexibility index (Phi) is 3.40. The van der Waals surface area contributed by atoms with Crippen LogP contribution < -0.4 is 5.32 Å². The van der Waals surface area contributed by atoms with Gasteiger partial charge in [0.15, 0.2) is 0 Å². The van der Waals surface area contributed by atoms with Crippen molar-refractivity contribution < 1.29 is 24.2 Å². The molecule has 1 saturated heterocycles. The lowest BCUT2D eigenvalue weighted by atomic mass is 10.3. The molecule has 0 aromatic heterocycles. The number of carbonyl (C=O) groups excluding carboxylic acids is 1. The van der Waals surface area contributed by atoms with Crippen LogP contribution in [0, 0.1) is 11.8 Å². The Labute approximate surface area is 92.9 Å². The maximum Gasteiger partial charge on any atom is 0.307 e. The second-order valence-corrected chi connectivity index (χ2v) is 4.10. The Balaban J connectivity index is 1.66. The van der Waals surface area contributed by atoms with Gasteiger partial charge in [0, 0.05) is 6.54 Å². The Morgan fingerprint density at radius 1 is 1.31 bits per heavy atom. The van der Waals surface area contributed by atoms with Crippen LogP contribution in [0.3, 0.4) is 0 Å². The van der Waals surface area contributed by atoms with Crippen LogP contribution >= 0.6 is 0 Å². The molecule has 2 fully saturated rings. The highest BCUT2D eigenvalue weighted by Gasteiger charge is 2.48. The molecule has 0 spiro atoms. The van der Waals surface area contributed by atoms with Gasteiger partial charge in [0.25, 0.3) is 0 Å². The minimum Gasteiger partial charge on any atom is -0.481 e. The summed E-state index contributed by atoms with van der Waals surface area (Å²) in [7, 11) is 0. The van der Waals surface area contributed by atoms with Gasteiger partial charge in [0.1, 0.15) is 0 Å². The minimum absolute atomic E-state index is 0.111. The number of carboxylic acid groups (broad SMARTS) is 1. The summed E-state index contributed by atoms with van der Waals surface area (Å²) in [4.78, 5) is 22.0. The minimum atomic E-state index is -0.891. The lowest BCUT2D eigenvalue weighted by Crippen LogP contribution is -2.40. The second-order valence-electron chi connectivity index (χ2n) is 4.10. The van der Waals surface area contributed by atoms with Crippen molar-refractivity contribution in [1.29, 1.82) is 0 Å². The second kappa shape index (κ2) is 4.80. The first-order chi connectivity index (χ1) is 7.68. The lowest BCUT2D eigenvalue weighted by molar-refractivity contribution is -0.140. The van der Waals surface area contributed by atoms with E-state index in [1.165, 1.54) is 0 Å². The molecular formula is C10H15NO5. The first-order valence-electron chi connectivity index (χ1n) is 5.38. The van der Waals surface area contributed by atoms with Crippen LogP contribution in [-0.2, 0) is 19.1 Å². The number of rotatable bonds is 4. The van der Waals surface area contributed by atoms with E-state index in [0.29, 0.717) is 32.8 Å². The number of carboxylic acids is 1. The first kappa shape index (κ1) is 11.3. The van der Waals surface area contributed by atoms with Crippen LogP contribution in [0.25, 0.3) is 0 Å². The molecule has 0 aromatic rings. The van der Waals surface area contributed by atoms with Crippen LogP contribution in [0.2, 0.25) is 0 Å². The third-order valence-corrected chi connectivity index (χ3v) is 2.83. The van der Waals surface area contributed by atoms with Crippen molar-refractivity contribution in [2.24, 2.45) is 11.8 Å².